The summed E-state index contributed by atoms with van der Waals surface area (Å²) in [6.45, 7) is 1.89. The summed E-state index contributed by atoms with van der Waals surface area (Å²) in [5.74, 6) is 0.107. The molecule has 3 rings (SSSR count). The molecule has 5 heteroatoms. The monoisotopic (exact) mass is 275 g/mol. The van der Waals surface area contributed by atoms with Crippen LogP contribution in [-0.4, -0.2) is 46.6 Å². The first-order valence-electron chi connectivity index (χ1n) is 7.31. The van der Waals surface area contributed by atoms with E-state index in [0.29, 0.717) is 25.4 Å². The SMILES string of the molecule is O=C(CN1CCC(O)(c2ccccn2)CC1)NC1CC1. The second kappa shape index (κ2) is 5.50. The molecule has 1 amide bonds. The number of nitrogens with one attached hydrogen (secondary N) is 1. The number of carbonyl (C=O) groups is 1. The molecule has 0 unspecified atom stereocenters. The number of hydrogen-bond acceptors (Lipinski definition) is 4. The van der Waals surface area contributed by atoms with Gasteiger partial charge < -0.3 is 10.4 Å². The first-order chi connectivity index (χ1) is 9.66. The van der Waals surface area contributed by atoms with E-state index < -0.39 is 5.60 Å². The van der Waals surface area contributed by atoms with Gasteiger partial charge in [0.1, 0.15) is 5.60 Å². The number of aromatic nitrogens is 1. The van der Waals surface area contributed by atoms with Crippen LogP contribution < -0.4 is 5.32 Å². The standard InChI is InChI=1S/C15H21N3O2/c19-14(17-12-4-5-12)11-18-9-6-15(20,7-10-18)13-3-1-2-8-16-13/h1-3,8,12,20H,4-7,9-11H2,(H,17,19). The quantitative estimate of drug-likeness (QED) is 0.846. The topological polar surface area (TPSA) is 65.5 Å². The Hall–Kier alpha value is -1.46. The Morgan fingerprint density at radius 1 is 1.40 bits per heavy atom. The molecule has 1 aromatic heterocycles. The molecule has 2 aliphatic rings. The molecule has 1 aliphatic carbocycles. The molecule has 1 aromatic rings. The van der Waals surface area contributed by atoms with Crippen molar-refractivity contribution in [3.05, 3.63) is 30.1 Å². The summed E-state index contributed by atoms with van der Waals surface area (Å²) in [6.07, 6.45) is 5.19. The third-order valence-corrected chi connectivity index (χ3v) is 4.13. The van der Waals surface area contributed by atoms with E-state index in [0.717, 1.165) is 31.6 Å². The lowest BCUT2D eigenvalue weighted by atomic mass is 9.88. The summed E-state index contributed by atoms with van der Waals surface area (Å²) in [6, 6.07) is 6.04. The molecule has 2 fully saturated rings. The zero-order valence-corrected chi connectivity index (χ0v) is 11.6. The van der Waals surface area contributed by atoms with Crippen molar-refractivity contribution in [1.82, 2.24) is 15.2 Å². The highest BCUT2D eigenvalue weighted by atomic mass is 16.3. The molecule has 0 radical (unpaired) electrons. The number of rotatable bonds is 4. The van der Waals surface area contributed by atoms with Crippen LogP contribution in [0.2, 0.25) is 0 Å². The van der Waals surface area contributed by atoms with Crippen LogP contribution in [0.25, 0.3) is 0 Å². The van der Waals surface area contributed by atoms with Crippen LogP contribution in [0.3, 0.4) is 0 Å². The van der Waals surface area contributed by atoms with Crippen molar-refractivity contribution in [3.8, 4) is 0 Å². The minimum Gasteiger partial charge on any atom is -0.383 e. The Labute approximate surface area is 119 Å². The van der Waals surface area contributed by atoms with Gasteiger partial charge in [0.2, 0.25) is 5.91 Å². The summed E-state index contributed by atoms with van der Waals surface area (Å²) in [5.41, 5.74) is -0.104. The summed E-state index contributed by atoms with van der Waals surface area (Å²) in [4.78, 5) is 18.1. The molecule has 108 valence electrons. The molecule has 2 heterocycles. The predicted octanol–water partition coefficient (Wildman–Crippen LogP) is 0.644. The van der Waals surface area contributed by atoms with E-state index in [-0.39, 0.29) is 5.91 Å². The molecule has 1 aliphatic heterocycles. The molecule has 20 heavy (non-hydrogen) atoms. The third kappa shape index (κ3) is 3.16. The number of pyridine rings is 1. The highest BCUT2D eigenvalue weighted by Crippen LogP contribution is 2.31. The Kier molecular flexibility index (Phi) is 3.72. The largest absolute Gasteiger partial charge is 0.383 e. The first-order valence-corrected chi connectivity index (χ1v) is 7.31. The molecule has 0 atom stereocenters. The minimum atomic E-state index is -0.843. The van der Waals surface area contributed by atoms with E-state index in [2.05, 4.69) is 15.2 Å². The number of nitrogens with zero attached hydrogens (tertiary/aromatic N) is 2. The Bertz CT molecular complexity index is 465. The van der Waals surface area contributed by atoms with Crippen molar-refractivity contribution in [2.75, 3.05) is 19.6 Å². The van der Waals surface area contributed by atoms with E-state index in [9.17, 15) is 9.90 Å². The smallest absolute Gasteiger partial charge is 0.234 e. The lowest BCUT2D eigenvalue weighted by Crippen LogP contribution is -2.46. The van der Waals surface area contributed by atoms with Gasteiger partial charge in [-0.25, -0.2) is 0 Å². The average Bonchev–Trinajstić information content (AvgIpc) is 3.26. The zero-order valence-electron chi connectivity index (χ0n) is 11.6. The van der Waals surface area contributed by atoms with Crippen molar-refractivity contribution in [2.45, 2.75) is 37.3 Å². The summed E-state index contributed by atoms with van der Waals surface area (Å²) >= 11 is 0. The predicted molar refractivity (Wildman–Crippen MR) is 75.0 cm³/mol. The Morgan fingerprint density at radius 2 is 2.15 bits per heavy atom. The molecular weight excluding hydrogens is 254 g/mol. The van der Waals surface area contributed by atoms with Crippen LogP contribution in [0.5, 0.6) is 0 Å². The molecule has 0 spiro atoms. The molecule has 0 bridgehead atoms. The highest BCUT2D eigenvalue weighted by molar-refractivity contribution is 5.78. The number of likely N-dealkylation sites (tertiary alicyclic amines) is 1. The number of amides is 1. The maximum Gasteiger partial charge on any atom is 0.234 e. The van der Waals surface area contributed by atoms with E-state index in [1.165, 1.54) is 0 Å². The zero-order chi connectivity index (χ0) is 14.0. The van der Waals surface area contributed by atoms with Gasteiger partial charge in [0, 0.05) is 25.3 Å². The van der Waals surface area contributed by atoms with Crippen molar-refractivity contribution < 1.29 is 9.90 Å². The fourth-order valence-electron chi connectivity index (χ4n) is 2.68. The second-order valence-electron chi connectivity index (χ2n) is 5.86. The van der Waals surface area contributed by atoms with Crippen molar-refractivity contribution in [2.24, 2.45) is 0 Å². The molecule has 0 aromatic carbocycles. The minimum absolute atomic E-state index is 0.107. The molecule has 1 saturated heterocycles. The number of carbonyl (C=O) groups excluding carboxylic acids is 1. The highest BCUT2D eigenvalue weighted by Gasteiger charge is 2.35. The average molecular weight is 275 g/mol. The summed E-state index contributed by atoms with van der Waals surface area (Å²) in [7, 11) is 0. The van der Waals surface area contributed by atoms with Crippen LogP contribution in [0, 0.1) is 0 Å². The third-order valence-electron chi connectivity index (χ3n) is 4.13. The fourth-order valence-corrected chi connectivity index (χ4v) is 2.68. The van der Waals surface area contributed by atoms with Gasteiger partial charge in [0.05, 0.1) is 12.2 Å². The Morgan fingerprint density at radius 3 is 2.75 bits per heavy atom. The lowest BCUT2D eigenvalue weighted by Gasteiger charge is -2.37. The van der Waals surface area contributed by atoms with Gasteiger partial charge in [-0.15, -0.1) is 0 Å². The van der Waals surface area contributed by atoms with Crippen LogP contribution in [0.15, 0.2) is 24.4 Å². The van der Waals surface area contributed by atoms with E-state index >= 15 is 0 Å². The summed E-state index contributed by atoms with van der Waals surface area (Å²) < 4.78 is 0. The van der Waals surface area contributed by atoms with Crippen molar-refractivity contribution >= 4 is 5.91 Å². The van der Waals surface area contributed by atoms with Gasteiger partial charge in [-0.2, -0.15) is 0 Å². The Balaban J connectivity index is 1.52. The van der Waals surface area contributed by atoms with Gasteiger partial charge in [-0.3, -0.25) is 14.7 Å². The van der Waals surface area contributed by atoms with Gasteiger partial charge in [-0.05, 0) is 37.8 Å². The van der Waals surface area contributed by atoms with Gasteiger partial charge in [0.25, 0.3) is 0 Å². The first kappa shape index (κ1) is 13.5. The summed E-state index contributed by atoms with van der Waals surface area (Å²) in [5, 5.41) is 13.7. The second-order valence-corrected chi connectivity index (χ2v) is 5.86. The van der Waals surface area contributed by atoms with E-state index in [4.69, 9.17) is 0 Å². The molecular formula is C15H21N3O2. The fraction of sp³-hybridized carbons (Fsp3) is 0.600. The maximum absolute atomic E-state index is 11.8. The van der Waals surface area contributed by atoms with Gasteiger partial charge in [-0.1, -0.05) is 6.07 Å². The van der Waals surface area contributed by atoms with E-state index in [1.54, 1.807) is 6.20 Å². The number of hydrogen-bond donors (Lipinski definition) is 2. The van der Waals surface area contributed by atoms with Crippen LogP contribution in [0.4, 0.5) is 0 Å². The molecule has 1 saturated carbocycles. The van der Waals surface area contributed by atoms with Gasteiger partial charge >= 0.3 is 0 Å². The van der Waals surface area contributed by atoms with Crippen LogP contribution in [-0.2, 0) is 10.4 Å². The van der Waals surface area contributed by atoms with Crippen LogP contribution >= 0.6 is 0 Å². The van der Waals surface area contributed by atoms with Crippen molar-refractivity contribution in [3.63, 3.8) is 0 Å². The lowest BCUT2D eigenvalue weighted by molar-refractivity contribution is -0.123. The molecule has 5 nitrogen and oxygen atoms in total. The van der Waals surface area contributed by atoms with Crippen LogP contribution in [0.1, 0.15) is 31.4 Å². The maximum atomic E-state index is 11.8. The normalized spacial score (nSPS) is 22.4. The van der Waals surface area contributed by atoms with Gasteiger partial charge in [0.15, 0.2) is 0 Å². The van der Waals surface area contributed by atoms with Crippen molar-refractivity contribution in [1.29, 1.82) is 0 Å². The molecule has 2 N–H and O–H groups in total. The number of aliphatic hydroxyl groups is 1. The number of piperidine rings is 1. The van der Waals surface area contributed by atoms with E-state index in [1.807, 2.05) is 18.2 Å².